The molecule has 0 aliphatic heterocycles. The Kier molecular flexibility index (Phi) is 4.15. The molecule has 1 fully saturated rings. The number of amides is 1. The van der Waals surface area contributed by atoms with Crippen LogP contribution < -0.4 is 4.90 Å². The fourth-order valence-electron chi connectivity index (χ4n) is 2.84. The molecule has 4 nitrogen and oxygen atoms in total. The number of carbonyl (C=O) groups is 2. The van der Waals surface area contributed by atoms with Crippen molar-refractivity contribution in [2.24, 2.45) is 5.92 Å². The summed E-state index contributed by atoms with van der Waals surface area (Å²) in [7, 11) is 0. The lowest BCUT2D eigenvalue weighted by atomic mass is 10.1. The minimum Gasteiger partial charge on any atom is -0.478 e. The van der Waals surface area contributed by atoms with Crippen molar-refractivity contribution in [1.82, 2.24) is 0 Å². The van der Waals surface area contributed by atoms with Gasteiger partial charge in [0.25, 0.3) is 5.91 Å². The molecule has 1 atom stereocenters. The molecule has 1 saturated carbocycles. The van der Waals surface area contributed by atoms with E-state index in [4.69, 9.17) is 5.11 Å². The molecule has 0 saturated heterocycles. The van der Waals surface area contributed by atoms with E-state index in [1.807, 2.05) is 30.3 Å². The number of aromatic carboxylic acids is 1. The van der Waals surface area contributed by atoms with Gasteiger partial charge < -0.3 is 10.0 Å². The largest absolute Gasteiger partial charge is 0.478 e. The van der Waals surface area contributed by atoms with E-state index in [-0.39, 0.29) is 17.5 Å². The van der Waals surface area contributed by atoms with Gasteiger partial charge in [0, 0.05) is 17.3 Å². The molecule has 0 radical (unpaired) electrons. The van der Waals surface area contributed by atoms with Crippen LogP contribution in [0.2, 0.25) is 0 Å². The first-order valence-corrected chi connectivity index (χ1v) is 7.80. The van der Waals surface area contributed by atoms with E-state index in [1.165, 1.54) is 12.1 Å². The van der Waals surface area contributed by atoms with Crippen LogP contribution in [0.5, 0.6) is 0 Å². The van der Waals surface area contributed by atoms with Crippen LogP contribution in [-0.2, 0) is 0 Å². The van der Waals surface area contributed by atoms with Gasteiger partial charge in [0.05, 0.1) is 5.56 Å². The molecular weight excluding hydrogens is 290 g/mol. The van der Waals surface area contributed by atoms with Gasteiger partial charge in [0.2, 0.25) is 0 Å². The second kappa shape index (κ2) is 6.24. The third-order valence-electron chi connectivity index (χ3n) is 4.32. The number of rotatable bonds is 5. The van der Waals surface area contributed by atoms with Crippen LogP contribution in [0.1, 0.15) is 40.5 Å². The van der Waals surface area contributed by atoms with Crippen molar-refractivity contribution in [3.63, 3.8) is 0 Å². The highest BCUT2D eigenvalue weighted by Gasteiger charge is 2.35. The topological polar surface area (TPSA) is 57.6 Å². The summed E-state index contributed by atoms with van der Waals surface area (Å²) in [5.74, 6) is -0.665. The summed E-state index contributed by atoms with van der Waals surface area (Å²) in [6, 6.07) is 15.9. The van der Waals surface area contributed by atoms with Crippen LogP contribution >= 0.6 is 0 Å². The van der Waals surface area contributed by atoms with E-state index in [9.17, 15) is 9.59 Å². The molecule has 0 spiro atoms. The number of carboxylic acid groups (broad SMARTS) is 1. The lowest BCUT2D eigenvalue weighted by Crippen LogP contribution is -2.40. The zero-order valence-electron chi connectivity index (χ0n) is 13.0. The fourth-order valence-corrected chi connectivity index (χ4v) is 2.84. The van der Waals surface area contributed by atoms with Crippen molar-refractivity contribution in [2.75, 3.05) is 4.90 Å². The van der Waals surface area contributed by atoms with Gasteiger partial charge in [-0.15, -0.1) is 0 Å². The molecule has 2 aromatic rings. The van der Waals surface area contributed by atoms with Crippen molar-refractivity contribution in [3.05, 3.63) is 65.7 Å². The lowest BCUT2D eigenvalue weighted by molar-refractivity contribution is 0.0697. The Bertz CT molecular complexity index is 722. The van der Waals surface area contributed by atoms with E-state index < -0.39 is 5.97 Å². The SMILES string of the molecule is CC(C1CC1)N(C(=O)c1cccc(C(=O)O)c1)c1ccccc1. The molecular formula is C19H19NO3. The Labute approximate surface area is 135 Å². The summed E-state index contributed by atoms with van der Waals surface area (Å²) in [5, 5.41) is 9.13. The molecule has 0 heterocycles. The predicted molar refractivity (Wildman–Crippen MR) is 88.8 cm³/mol. The first-order valence-electron chi connectivity index (χ1n) is 7.80. The first kappa shape index (κ1) is 15.3. The van der Waals surface area contributed by atoms with Crippen molar-refractivity contribution >= 4 is 17.6 Å². The van der Waals surface area contributed by atoms with Crippen molar-refractivity contribution in [1.29, 1.82) is 0 Å². The third kappa shape index (κ3) is 3.26. The van der Waals surface area contributed by atoms with Crippen LogP contribution in [0.25, 0.3) is 0 Å². The van der Waals surface area contributed by atoms with Crippen LogP contribution in [0.3, 0.4) is 0 Å². The molecule has 23 heavy (non-hydrogen) atoms. The summed E-state index contributed by atoms with van der Waals surface area (Å²) in [5.41, 5.74) is 1.38. The molecule has 118 valence electrons. The Hall–Kier alpha value is -2.62. The normalized spacial score (nSPS) is 15.0. The van der Waals surface area contributed by atoms with Crippen LogP contribution in [0.15, 0.2) is 54.6 Å². The van der Waals surface area contributed by atoms with Crippen LogP contribution in [-0.4, -0.2) is 23.0 Å². The standard InChI is InChI=1S/C19H19NO3/c1-13(14-10-11-14)20(17-8-3-2-4-9-17)18(21)15-6-5-7-16(12-15)19(22)23/h2-9,12-14H,10-11H2,1H3,(H,22,23). The van der Waals surface area contributed by atoms with E-state index >= 15 is 0 Å². The van der Waals surface area contributed by atoms with E-state index in [0.29, 0.717) is 11.5 Å². The van der Waals surface area contributed by atoms with Gasteiger partial charge in [-0.1, -0.05) is 24.3 Å². The van der Waals surface area contributed by atoms with Gasteiger partial charge in [-0.25, -0.2) is 4.79 Å². The summed E-state index contributed by atoms with van der Waals surface area (Å²) in [6.07, 6.45) is 2.26. The van der Waals surface area contributed by atoms with E-state index in [0.717, 1.165) is 18.5 Å². The average Bonchev–Trinajstić information content (AvgIpc) is 3.41. The first-order chi connectivity index (χ1) is 11.1. The summed E-state index contributed by atoms with van der Waals surface area (Å²) < 4.78 is 0. The molecule has 1 unspecified atom stereocenters. The second-order valence-electron chi connectivity index (χ2n) is 5.97. The lowest BCUT2D eigenvalue weighted by Gasteiger charge is -2.29. The zero-order valence-corrected chi connectivity index (χ0v) is 13.0. The smallest absolute Gasteiger partial charge is 0.335 e. The van der Waals surface area contributed by atoms with Crippen molar-refractivity contribution in [2.45, 2.75) is 25.8 Å². The molecule has 0 bridgehead atoms. The molecule has 1 amide bonds. The second-order valence-corrected chi connectivity index (χ2v) is 5.97. The molecule has 2 aromatic carbocycles. The average molecular weight is 309 g/mol. The van der Waals surface area contributed by atoms with Crippen molar-refractivity contribution < 1.29 is 14.7 Å². The Morgan fingerprint density at radius 2 is 1.70 bits per heavy atom. The number of anilines is 1. The number of benzene rings is 2. The maximum atomic E-state index is 13.0. The van der Waals surface area contributed by atoms with Crippen LogP contribution in [0.4, 0.5) is 5.69 Å². The molecule has 0 aromatic heterocycles. The summed E-state index contributed by atoms with van der Waals surface area (Å²) >= 11 is 0. The molecule has 3 rings (SSSR count). The Morgan fingerprint density at radius 3 is 2.30 bits per heavy atom. The van der Waals surface area contributed by atoms with Gasteiger partial charge >= 0.3 is 5.97 Å². The maximum absolute atomic E-state index is 13.0. The third-order valence-corrected chi connectivity index (χ3v) is 4.32. The number of carbonyl (C=O) groups excluding carboxylic acids is 1. The van der Waals surface area contributed by atoms with Crippen molar-refractivity contribution in [3.8, 4) is 0 Å². The van der Waals surface area contributed by atoms with E-state index in [2.05, 4.69) is 6.92 Å². The minimum atomic E-state index is -1.03. The zero-order chi connectivity index (χ0) is 16.4. The Morgan fingerprint density at radius 1 is 1.04 bits per heavy atom. The maximum Gasteiger partial charge on any atom is 0.335 e. The van der Waals surface area contributed by atoms with Gasteiger partial charge in [-0.05, 0) is 56.0 Å². The number of hydrogen-bond acceptors (Lipinski definition) is 2. The molecule has 1 aliphatic rings. The summed E-state index contributed by atoms with van der Waals surface area (Å²) in [4.78, 5) is 26.0. The van der Waals surface area contributed by atoms with Gasteiger partial charge in [-0.2, -0.15) is 0 Å². The van der Waals surface area contributed by atoms with Crippen LogP contribution in [0, 0.1) is 5.92 Å². The number of nitrogens with zero attached hydrogens (tertiary/aromatic N) is 1. The fraction of sp³-hybridized carbons (Fsp3) is 0.263. The quantitative estimate of drug-likeness (QED) is 0.913. The predicted octanol–water partition coefficient (Wildman–Crippen LogP) is 3.83. The molecule has 4 heteroatoms. The van der Waals surface area contributed by atoms with E-state index in [1.54, 1.807) is 17.0 Å². The monoisotopic (exact) mass is 309 g/mol. The summed E-state index contributed by atoms with van der Waals surface area (Å²) in [6.45, 7) is 2.06. The highest BCUT2D eigenvalue weighted by Crippen LogP contribution is 2.37. The number of para-hydroxylation sites is 1. The van der Waals surface area contributed by atoms with Gasteiger partial charge in [0.15, 0.2) is 0 Å². The number of carboxylic acids is 1. The number of hydrogen-bond donors (Lipinski definition) is 1. The van der Waals surface area contributed by atoms with Gasteiger partial charge in [0.1, 0.15) is 0 Å². The minimum absolute atomic E-state index is 0.0957. The van der Waals surface area contributed by atoms with Gasteiger partial charge in [-0.3, -0.25) is 4.79 Å². The highest BCUT2D eigenvalue weighted by molar-refractivity contribution is 6.07. The Balaban J connectivity index is 1.97. The highest BCUT2D eigenvalue weighted by atomic mass is 16.4. The molecule has 1 aliphatic carbocycles. The molecule has 1 N–H and O–H groups in total.